The van der Waals surface area contributed by atoms with Crippen LogP contribution in [0.3, 0.4) is 0 Å². The molecule has 0 saturated carbocycles. The first-order valence-corrected chi connectivity index (χ1v) is 5.71. The molecule has 1 amide bonds. The van der Waals surface area contributed by atoms with Gasteiger partial charge in [-0.15, -0.1) is 0 Å². The zero-order valence-electron chi connectivity index (χ0n) is 10.4. The van der Waals surface area contributed by atoms with E-state index >= 15 is 0 Å². The van der Waals surface area contributed by atoms with E-state index in [-0.39, 0.29) is 11.8 Å². The lowest BCUT2D eigenvalue weighted by Crippen LogP contribution is -2.18. The van der Waals surface area contributed by atoms with Gasteiger partial charge in [0.2, 0.25) is 5.91 Å². The Hall–Kier alpha value is -2.30. The highest BCUT2D eigenvalue weighted by molar-refractivity contribution is 5.95. The van der Waals surface area contributed by atoms with E-state index < -0.39 is 0 Å². The molecule has 1 unspecified atom stereocenters. The predicted octanol–water partition coefficient (Wildman–Crippen LogP) is 1.74. The van der Waals surface area contributed by atoms with Gasteiger partial charge in [-0.2, -0.15) is 5.10 Å². The van der Waals surface area contributed by atoms with E-state index in [2.05, 4.69) is 10.4 Å². The second-order valence-electron chi connectivity index (χ2n) is 4.28. The van der Waals surface area contributed by atoms with Crippen molar-refractivity contribution in [1.82, 2.24) is 9.78 Å². The number of benzene rings is 1. The molecule has 0 bridgehead atoms. The second-order valence-corrected chi connectivity index (χ2v) is 4.28. The molecule has 0 aliphatic heterocycles. The van der Waals surface area contributed by atoms with Crippen LogP contribution in [0.2, 0.25) is 0 Å². The molecule has 18 heavy (non-hydrogen) atoms. The number of carbonyl (C=O) groups is 1. The van der Waals surface area contributed by atoms with Gasteiger partial charge < -0.3 is 11.1 Å². The number of nitrogens with one attached hydrogen (secondary N) is 1. The predicted molar refractivity (Wildman–Crippen MR) is 71.1 cm³/mol. The van der Waals surface area contributed by atoms with Gasteiger partial charge in [0.1, 0.15) is 0 Å². The molecule has 5 heteroatoms. The third kappa shape index (κ3) is 2.68. The Morgan fingerprint density at radius 3 is 2.89 bits per heavy atom. The molecule has 0 aliphatic carbocycles. The number of anilines is 2. The number of carbonyl (C=O) groups excluding carboxylic acids is 1. The lowest BCUT2D eigenvalue weighted by atomic mass is 10.00. The van der Waals surface area contributed by atoms with Crippen molar-refractivity contribution in [2.45, 2.75) is 12.8 Å². The third-order valence-electron chi connectivity index (χ3n) is 2.78. The number of nitrogens with two attached hydrogens (primary N) is 1. The van der Waals surface area contributed by atoms with Crippen molar-refractivity contribution in [2.24, 2.45) is 7.05 Å². The Morgan fingerprint density at radius 1 is 1.50 bits per heavy atom. The number of aromatic nitrogens is 2. The Balaban J connectivity index is 2.09. The molecule has 1 atom stereocenters. The van der Waals surface area contributed by atoms with Crippen LogP contribution in [0.15, 0.2) is 36.7 Å². The molecular formula is C13H16N4O. The number of nitrogen functional groups attached to an aromatic ring is 1. The summed E-state index contributed by atoms with van der Waals surface area (Å²) >= 11 is 0. The van der Waals surface area contributed by atoms with Gasteiger partial charge in [-0.3, -0.25) is 9.48 Å². The quantitative estimate of drug-likeness (QED) is 0.808. The van der Waals surface area contributed by atoms with Crippen LogP contribution in [0.5, 0.6) is 0 Å². The number of nitrogens with zero attached hydrogens (tertiary/aromatic N) is 2. The van der Waals surface area contributed by atoms with Crippen LogP contribution in [0, 0.1) is 0 Å². The van der Waals surface area contributed by atoms with Gasteiger partial charge in [-0.1, -0.05) is 12.1 Å². The SMILES string of the molecule is CC(C(=O)Nc1cnn(C)c1)c1cccc(N)c1. The van der Waals surface area contributed by atoms with E-state index in [4.69, 9.17) is 5.73 Å². The molecule has 1 aromatic heterocycles. The van der Waals surface area contributed by atoms with E-state index in [0.29, 0.717) is 11.4 Å². The molecule has 0 saturated heterocycles. The minimum Gasteiger partial charge on any atom is -0.399 e. The van der Waals surface area contributed by atoms with Crippen LogP contribution >= 0.6 is 0 Å². The van der Waals surface area contributed by atoms with Gasteiger partial charge in [-0.05, 0) is 24.6 Å². The standard InChI is InChI=1S/C13H16N4O/c1-9(10-4-3-5-11(14)6-10)13(18)16-12-7-15-17(2)8-12/h3-9H,14H2,1-2H3,(H,16,18). The third-order valence-corrected chi connectivity index (χ3v) is 2.78. The number of hydrogen-bond acceptors (Lipinski definition) is 3. The van der Waals surface area contributed by atoms with Crippen molar-refractivity contribution in [3.8, 4) is 0 Å². The largest absolute Gasteiger partial charge is 0.399 e. The highest BCUT2D eigenvalue weighted by Gasteiger charge is 2.15. The molecule has 94 valence electrons. The topological polar surface area (TPSA) is 72.9 Å². The van der Waals surface area contributed by atoms with E-state index in [0.717, 1.165) is 5.56 Å². The molecule has 1 aromatic carbocycles. The molecule has 0 fully saturated rings. The summed E-state index contributed by atoms with van der Waals surface area (Å²) in [4.78, 5) is 12.0. The summed E-state index contributed by atoms with van der Waals surface area (Å²) in [5, 5.41) is 6.82. The molecule has 0 radical (unpaired) electrons. The summed E-state index contributed by atoms with van der Waals surface area (Å²) in [5.74, 6) is -0.331. The Labute approximate surface area is 106 Å². The molecule has 0 aliphatic rings. The van der Waals surface area contributed by atoms with E-state index in [1.807, 2.05) is 25.1 Å². The highest BCUT2D eigenvalue weighted by Crippen LogP contribution is 2.19. The number of amides is 1. The van der Waals surface area contributed by atoms with Crippen LogP contribution in [-0.4, -0.2) is 15.7 Å². The zero-order chi connectivity index (χ0) is 13.1. The first kappa shape index (κ1) is 12.2. The van der Waals surface area contributed by atoms with E-state index in [9.17, 15) is 4.79 Å². The Bertz CT molecular complexity index is 562. The average Bonchev–Trinajstić information content (AvgIpc) is 2.73. The summed E-state index contributed by atoms with van der Waals surface area (Å²) in [6.45, 7) is 1.85. The fourth-order valence-corrected chi connectivity index (χ4v) is 1.72. The van der Waals surface area contributed by atoms with Crippen LogP contribution in [-0.2, 0) is 11.8 Å². The second kappa shape index (κ2) is 4.91. The minimum absolute atomic E-state index is 0.0754. The van der Waals surface area contributed by atoms with Gasteiger partial charge in [0.25, 0.3) is 0 Å². The Morgan fingerprint density at radius 2 is 2.28 bits per heavy atom. The summed E-state index contributed by atoms with van der Waals surface area (Å²) < 4.78 is 1.64. The van der Waals surface area contributed by atoms with Crippen LogP contribution in [0.1, 0.15) is 18.4 Å². The molecule has 5 nitrogen and oxygen atoms in total. The van der Waals surface area contributed by atoms with Gasteiger partial charge >= 0.3 is 0 Å². The van der Waals surface area contributed by atoms with Crippen LogP contribution in [0.4, 0.5) is 11.4 Å². The monoisotopic (exact) mass is 244 g/mol. The smallest absolute Gasteiger partial charge is 0.231 e. The molecule has 0 spiro atoms. The normalized spacial score (nSPS) is 12.1. The first-order chi connectivity index (χ1) is 8.56. The van der Waals surface area contributed by atoms with Crippen molar-refractivity contribution in [3.05, 3.63) is 42.2 Å². The van der Waals surface area contributed by atoms with Gasteiger partial charge in [-0.25, -0.2) is 0 Å². The van der Waals surface area contributed by atoms with Crippen molar-refractivity contribution >= 4 is 17.3 Å². The average molecular weight is 244 g/mol. The highest BCUT2D eigenvalue weighted by atomic mass is 16.1. The Kier molecular flexibility index (Phi) is 3.32. The lowest BCUT2D eigenvalue weighted by molar-refractivity contribution is -0.117. The summed E-state index contributed by atoms with van der Waals surface area (Å²) in [7, 11) is 1.80. The maximum atomic E-state index is 12.0. The van der Waals surface area contributed by atoms with Crippen molar-refractivity contribution < 1.29 is 4.79 Å². The van der Waals surface area contributed by atoms with Crippen molar-refractivity contribution in [2.75, 3.05) is 11.1 Å². The summed E-state index contributed by atoms with van der Waals surface area (Å²) in [6, 6.07) is 7.35. The molecule has 3 N–H and O–H groups in total. The lowest BCUT2D eigenvalue weighted by Gasteiger charge is -2.11. The van der Waals surface area contributed by atoms with Crippen LogP contribution < -0.4 is 11.1 Å². The maximum Gasteiger partial charge on any atom is 0.231 e. The maximum absolute atomic E-state index is 12.0. The van der Waals surface area contributed by atoms with E-state index in [1.165, 1.54) is 0 Å². The van der Waals surface area contributed by atoms with Gasteiger partial charge in [0, 0.05) is 18.9 Å². The van der Waals surface area contributed by atoms with Crippen molar-refractivity contribution in [1.29, 1.82) is 0 Å². The number of rotatable bonds is 3. The van der Waals surface area contributed by atoms with E-state index in [1.54, 1.807) is 30.2 Å². The van der Waals surface area contributed by atoms with Crippen LogP contribution in [0.25, 0.3) is 0 Å². The summed E-state index contributed by atoms with van der Waals surface area (Å²) in [6.07, 6.45) is 3.37. The minimum atomic E-state index is -0.256. The molecular weight excluding hydrogens is 228 g/mol. The molecule has 2 aromatic rings. The first-order valence-electron chi connectivity index (χ1n) is 5.71. The fraction of sp³-hybridized carbons (Fsp3) is 0.231. The van der Waals surface area contributed by atoms with Crippen molar-refractivity contribution in [3.63, 3.8) is 0 Å². The van der Waals surface area contributed by atoms with Gasteiger partial charge in [0.15, 0.2) is 0 Å². The number of aryl methyl sites for hydroxylation is 1. The fourth-order valence-electron chi connectivity index (χ4n) is 1.72. The zero-order valence-corrected chi connectivity index (χ0v) is 10.4. The molecule has 2 rings (SSSR count). The molecule has 1 heterocycles. The van der Waals surface area contributed by atoms with Gasteiger partial charge in [0.05, 0.1) is 17.8 Å². The number of hydrogen-bond donors (Lipinski definition) is 2. The summed E-state index contributed by atoms with van der Waals surface area (Å²) in [5.41, 5.74) is 7.96.